The fourth-order valence-corrected chi connectivity index (χ4v) is 3.80. The number of benzene rings is 2. The fraction of sp³-hybridized carbons (Fsp3) is 0.231. The smallest absolute Gasteiger partial charge is 0.336 e. The molecule has 0 aliphatic carbocycles. The van der Waals surface area contributed by atoms with Crippen molar-refractivity contribution in [3.8, 4) is 22.6 Å². The van der Waals surface area contributed by atoms with E-state index in [9.17, 15) is 9.59 Å². The highest BCUT2D eigenvalue weighted by atomic mass is 16.5. The van der Waals surface area contributed by atoms with Crippen LogP contribution in [-0.4, -0.2) is 18.5 Å². The van der Waals surface area contributed by atoms with E-state index in [2.05, 4.69) is 0 Å². The Morgan fingerprint density at radius 1 is 1.16 bits per heavy atom. The third kappa shape index (κ3) is 3.46. The standard InChI is InChI=1S/C26H24O5/c1-6-15(2)22(28)21-23(29-5)17-12-13-26(3,4)31-24(17)20-18(14-19(27)30-25(20)21)16-10-8-7-9-11-16/h6-14H,1-5H3/b15-6-. The van der Waals surface area contributed by atoms with Crippen LogP contribution >= 0.6 is 0 Å². The lowest BCUT2D eigenvalue weighted by Crippen LogP contribution is -2.28. The molecule has 0 saturated carbocycles. The summed E-state index contributed by atoms with van der Waals surface area (Å²) in [7, 11) is 1.50. The zero-order valence-corrected chi connectivity index (χ0v) is 18.2. The summed E-state index contributed by atoms with van der Waals surface area (Å²) in [6.07, 6.45) is 5.54. The number of fused-ring (bicyclic) bond motifs is 3. The minimum atomic E-state index is -0.584. The van der Waals surface area contributed by atoms with Crippen molar-refractivity contribution in [1.82, 2.24) is 0 Å². The molecule has 158 valence electrons. The Morgan fingerprint density at radius 3 is 2.52 bits per heavy atom. The molecule has 0 amide bonds. The van der Waals surface area contributed by atoms with Crippen molar-refractivity contribution >= 4 is 22.8 Å². The van der Waals surface area contributed by atoms with Crippen LogP contribution in [0.5, 0.6) is 11.5 Å². The zero-order chi connectivity index (χ0) is 22.3. The number of rotatable bonds is 4. The lowest BCUT2D eigenvalue weighted by atomic mass is 9.90. The second-order valence-electron chi connectivity index (χ2n) is 8.04. The number of Topliss-reactive ketones (excluding diaryl/α,β-unsaturated/α-hetero) is 1. The molecule has 5 heteroatoms. The molecule has 0 unspecified atom stereocenters. The van der Waals surface area contributed by atoms with Crippen LogP contribution in [0.1, 0.15) is 43.6 Å². The average molecular weight is 416 g/mol. The minimum absolute atomic E-state index is 0.166. The number of carbonyl (C=O) groups is 1. The summed E-state index contributed by atoms with van der Waals surface area (Å²) in [6.45, 7) is 7.39. The van der Waals surface area contributed by atoms with Gasteiger partial charge in [0, 0.05) is 11.6 Å². The van der Waals surface area contributed by atoms with Crippen LogP contribution in [0.3, 0.4) is 0 Å². The predicted molar refractivity (Wildman–Crippen MR) is 122 cm³/mol. The molecular weight excluding hydrogens is 392 g/mol. The molecule has 0 spiro atoms. The van der Waals surface area contributed by atoms with Gasteiger partial charge in [0.15, 0.2) is 11.4 Å². The highest BCUT2D eigenvalue weighted by Crippen LogP contribution is 2.48. The summed E-state index contributed by atoms with van der Waals surface area (Å²) in [6, 6.07) is 11.0. The Morgan fingerprint density at radius 2 is 1.87 bits per heavy atom. The number of carbonyl (C=O) groups excluding carboxylic acids is 1. The van der Waals surface area contributed by atoms with Gasteiger partial charge in [-0.05, 0) is 51.0 Å². The van der Waals surface area contributed by atoms with Gasteiger partial charge in [0.25, 0.3) is 0 Å². The third-order valence-electron chi connectivity index (χ3n) is 5.46. The van der Waals surface area contributed by atoms with Crippen LogP contribution in [0, 0.1) is 0 Å². The van der Waals surface area contributed by atoms with Crippen LogP contribution in [0.15, 0.2) is 63.3 Å². The Labute approximate surface area is 180 Å². The van der Waals surface area contributed by atoms with E-state index < -0.39 is 11.2 Å². The van der Waals surface area contributed by atoms with Gasteiger partial charge < -0.3 is 13.9 Å². The Bertz CT molecular complexity index is 1310. The normalized spacial score (nSPS) is 14.8. The monoisotopic (exact) mass is 416 g/mol. The maximum Gasteiger partial charge on any atom is 0.336 e. The van der Waals surface area contributed by atoms with Crippen LogP contribution in [0.25, 0.3) is 28.2 Å². The number of ketones is 1. The summed E-state index contributed by atoms with van der Waals surface area (Å²) in [5, 5.41) is 0.575. The van der Waals surface area contributed by atoms with Gasteiger partial charge in [0.05, 0.1) is 18.1 Å². The number of hydrogen-bond donors (Lipinski definition) is 0. The first-order valence-corrected chi connectivity index (χ1v) is 10.1. The van der Waals surface area contributed by atoms with E-state index in [1.807, 2.05) is 56.3 Å². The van der Waals surface area contributed by atoms with Crippen LogP contribution in [-0.2, 0) is 0 Å². The van der Waals surface area contributed by atoms with Gasteiger partial charge in [0.2, 0.25) is 0 Å². The predicted octanol–water partition coefficient (Wildman–Crippen LogP) is 5.80. The van der Waals surface area contributed by atoms with E-state index in [0.29, 0.717) is 33.6 Å². The van der Waals surface area contributed by atoms with Crippen molar-refractivity contribution in [2.24, 2.45) is 0 Å². The van der Waals surface area contributed by atoms with Gasteiger partial charge in [0.1, 0.15) is 22.7 Å². The van der Waals surface area contributed by atoms with E-state index in [1.165, 1.54) is 13.2 Å². The van der Waals surface area contributed by atoms with Crippen LogP contribution in [0.4, 0.5) is 0 Å². The molecule has 0 saturated heterocycles. The van der Waals surface area contributed by atoms with Crippen LogP contribution in [0.2, 0.25) is 0 Å². The van der Waals surface area contributed by atoms with Gasteiger partial charge >= 0.3 is 5.63 Å². The van der Waals surface area contributed by atoms with Gasteiger partial charge in [-0.1, -0.05) is 36.4 Å². The number of methoxy groups -OCH3 is 1. The number of ether oxygens (including phenoxy) is 2. The maximum absolute atomic E-state index is 13.4. The van der Waals surface area contributed by atoms with Crippen molar-refractivity contribution in [2.75, 3.05) is 7.11 Å². The first-order valence-electron chi connectivity index (χ1n) is 10.1. The van der Waals surface area contributed by atoms with E-state index in [0.717, 1.165) is 5.56 Å². The van der Waals surface area contributed by atoms with Crippen molar-refractivity contribution in [3.05, 3.63) is 75.7 Å². The van der Waals surface area contributed by atoms with Crippen LogP contribution < -0.4 is 15.1 Å². The van der Waals surface area contributed by atoms with Crippen molar-refractivity contribution in [2.45, 2.75) is 33.3 Å². The summed E-state index contributed by atoms with van der Waals surface area (Å²) >= 11 is 0. The lowest BCUT2D eigenvalue weighted by molar-refractivity contribution is 0.103. The highest BCUT2D eigenvalue weighted by molar-refractivity contribution is 6.20. The van der Waals surface area contributed by atoms with E-state index >= 15 is 0 Å². The minimum Gasteiger partial charge on any atom is -0.495 e. The van der Waals surface area contributed by atoms with E-state index in [-0.39, 0.29) is 16.9 Å². The highest BCUT2D eigenvalue weighted by Gasteiger charge is 2.33. The molecule has 3 aromatic rings. The van der Waals surface area contributed by atoms with E-state index in [4.69, 9.17) is 13.9 Å². The summed E-state index contributed by atoms with van der Waals surface area (Å²) in [4.78, 5) is 26.0. The maximum atomic E-state index is 13.4. The fourth-order valence-electron chi connectivity index (χ4n) is 3.80. The molecule has 2 heterocycles. The summed E-state index contributed by atoms with van der Waals surface area (Å²) in [5.41, 5.74) is 1.88. The average Bonchev–Trinajstić information content (AvgIpc) is 2.76. The molecule has 0 N–H and O–H groups in total. The lowest BCUT2D eigenvalue weighted by Gasteiger charge is -2.30. The van der Waals surface area contributed by atoms with Gasteiger partial charge in [-0.3, -0.25) is 4.79 Å². The topological polar surface area (TPSA) is 65.7 Å². The molecule has 31 heavy (non-hydrogen) atoms. The zero-order valence-electron chi connectivity index (χ0n) is 18.2. The molecule has 4 rings (SSSR count). The van der Waals surface area contributed by atoms with Gasteiger partial charge in [-0.25, -0.2) is 4.79 Å². The summed E-state index contributed by atoms with van der Waals surface area (Å²) in [5.74, 6) is 0.587. The second kappa shape index (κ2) is 7.58. The third-order valence-corrected chi connectivity index (χ3v) is 5.46. The van der Waals surface area contributed by atoms with Crippen molar-refractivity contribution in [3.63, 3.8) is 0 Å². The molecule has 0 bridgehead atoms. The van der Waals surface area contributed by atoms with Crippen molar-refractivity contribution in [1.29, 1.82) is 0 Å². The quantitative estimate of drug-likeness (QED) is 0.305. The molecule has 0 radical (unpaired) electrons. The molecule has 1 aliphatic rings. The SMILES string of the molecule is C/C=C(/C)C(=O)c1c(OC)c2c(c3c(-c4ccccc4)cc(=O)oc13)OC(C)(C)C=C2. The second-order valence-corrected chi connectivity index (χ2v) is 8.04. The van der Waals surface area contributed by atoms with Crippen molar-refractivity contribution < 1.29 is 18.7 Å². The molecule has 2 aromatic carbocycles. The molecule has 0 fully saturated rings. The molecular formula is C26H24O5. The largest absolute Gasteiger partial charge is 0.495 e. The van der Waals surface area contributed by atoms with E-state index in [1.54, 1.807) is 19.9 Å². The molecule has 1 aromatic heterocycles. The molecule has 1 aliphatic heterocycles. The summed E-state index contributed by atoms with van der Waals surface area (Å²) < 4.78 is 17.7. The first kappa shape index (κ1) is 20.7. The Kier molecular flexibility index (Phi) is 5.05. The first-order chi connectivity index (χ1) is 14.8. The Balaban J connectivity index is 2.25. The van der Waals surface area contributed by atoms with Gasteiger partial charge in [-0.2, -0.15) is 0 Å². The number of allylic oxidation sites excluding steroid dienone is 2. The number of hydrogen-bond acceptors (Lipinski definition) is 5. The molecule has 0 atom stereocenters. The van der Waals surface area contributed by atoms with Gasteiger partial charge in [-0.15, -0.1) is 0 Å². The Hall–Kier alpha value is -3.60. The molecule has 5 nitrogen and oxygen atoms in total.